The van der Waals surface area contributed by atoms with E-state index < -0.39 is 23.5 Å². The molecule has 0 bridgehead atoms. The first kappa shape index (κ1) is 19.6. The quantitative estimate of drug-likeness (QED) is 0.678. The van der Waals surface area contributed by atoms with E-state index in [1.165, 1.54) is 34.3 Å². The zero-order valence-electron chi connectivity index (χ0n) is 16.3. The van der Waals surface area contributed by atoms with Gasteiger partial charge in [-0.3, -0.25) is 4.79 Å². The molecule has 2 aromatic carbocycles. The van der Waals surface area contributed by atoms with Crippen molar-refractivity contribution in [2.75, 3.05) is 13.1 Å². The van der Waals surface area contributed by atoms with Gasteiger partial charge in [-0.2, -0.15) is 0 Å². The van der Waals surface area contributed by atoms with Crippen LogP contribution in [-0.2, 0) is 24.2 Å². The van der Waals surface area contributed by atoms with E-state index in [0.717, 1.165) is 37.5 Å². The van der Waals surface area contributed by atoms with Crippen molar-refractivity contribution in [2.45, 2.75) is 38.6 Å². The monoisotopic (exact) mass is 398 g/mol. The van der Waals surface area contributed by atoms with E-state index in [1.54, 1.807) is 0 Å². The maximum atomic E-state index is 14.5. The summed E-state index contributed by atoms with van der Waals surface area (Å²) in [5.41, 5.74) is 4.90. The summed E-state index contributed by atoms with van der Waals surface area (Å²) in [6.45, 7) is 4.13. The molecule has 152 valence electrons. The number of nitrogens with zero attached hydrogens (tertiary/aromatic N) is 1. The SMILES string of the molecule is Cc1ccc2c(c1)c1c(n2CC(CC(=O)O)c2ccc(F)cc2F)CCNCC1. The van der Waals surface area contributed by atoms with Crippen LogP contribution in [0.3, 0.4) is 0 Å². The minimum Gasteiger partial charge on any atom is -0.481 e. The van der Waals surface area contributed by atoms with Crippen LogP contribution in [-0.4, -0.2) is 28.7 Å². The molecule has 4 nitrogen and oxygen atoms in total. The number of aliphatic carboxylic acids is 1. The summed E-state index contributed by atoms with van der Waals surface area (Å²) in [6, 6.07) is 9.65. The lowest BCUT2D eigenvalue weighted by Gasteiger charge is -2.20. The predicted molar refractivity (Wildman–Crippen MR) is 108 cm³/mol. The van der Waals surface area contributed by atoms with Crippen molar-refractivity contribution in [3.05, 3.63) is 70.4 Å². The third kappa shape index (κ3) is 3.90. The number of aryl methyl sites for hydroxylation is 1. The molecule has 1 aromatic heterocycles. The Hall–Kier alpha value is -2.73. The molecule has 1 aliphatic heterocycles. The minimum atomic E-state index is -1.00. The molecule has 4 rings (SSSR count). The normalized spacial score (nSPS) is 15.1. The van der Waals surface area contributed by atoms with Gasteiger partial charge >= 0.3 is 5.97 Å². The molecule has 1 unspecified atom stereocenters. The van der Waals surface area contributed by atoms with Crippen molar-refractivity contribution >= 4 is 16.9 Å². The highest BCUT2D eigenvalue weighted by molar-refractivity contribution is 5.86. The molecule has 29 heavy (non-hydrogen) atoms. The number of hydrogen-bond donors (Lipinski definition) is 2. The van der Waals surface area contributed by atoms with Crippen LogP contribution in [0.5, 0.6) is 0 Å². The average Bonchev–Trinajstić information content (AvgIpc) is 2.81. The molecule has 6 heteroatoms. The van der Waals surface area contributed by atoms with E-state index in [-0.39, 0.29) is 12.0 Å². The fraction of sp³-hybridized carbons (Fsp3) is 0.348. The Bertz CT molecular complexity index is 1070. The zero-order valence-corrected chi connectivity index (χ0v) is 16.3. The summed E-state index contributed by atoms with van der Waals surface area (Å²) in [6.07, 6.45) is 1.51. The summed E-state index contributed by atoms with van der Waals surface area (Å²) in [7, 11) is 0. The van der Waals surface area contributed by atoms with Crippen LogP contribution in [0.1, 0.15) is 34.7 Å². The summed E-state index contributed by atoms with van der Waals surface area (Å²) < 4.78 is 30.0. The van der Waals surface area contributed by atoms with Gasteiger partial charge in [-0.15, -0.1) is 0 Å². The Labute approximate surface area is 168 Å². The number of aromatic nitrogens is 1. The average molecular weight is 398 g/mol. The molecule has 0 radical (unpaired) electrons. The van der Waals surface area contributed by atoms with Gasteiger partial charge in [-0.1, -0.05) is 17.7 Å². The first-order valence-corrected chi connectivity index (χ1v) is 9.92. The van der Waals surface area contributed by atoms with E-state index in [2.05, 4.69) is 28.9 Å². The van der Waals surface area contributed by atoms with Gasteiger partial charge in [0.25, 0.3) is 0 Å². The van der Waals surface area contributed by atoms with E-state index in [1.807, 2.05) is 6.07 Å². The molecule has 3 aromatic rings. The van der Waals surface area contributed by atoms with E-state index in [0.29, 0.717) is 6.54 Å². The lowest BCUT2D eigenvalue weighted by Crippen LogP contribution is -2.19. The molecule has 2 heterocycles. The lowest BCUT2D eigenvalue weighted by molar-refractivity contribution is -0.137. The third-order valence-electron chi connectivity index (χ3n) is 5.76. The molecular weight excluding hydrogens is 374 g/mol. The van der Waals surface area contributed by atoms with Gasteiger partial charge in [0.15, 0.2) is 0 Å². The number of halogens is 2. The third-order valence-corrected chi connectivity index (χ3v) is 5.76. The van der Waals surface area contributed by atoms with Crippen molar-refractivity contribution in [1.82, 2.24) is 9.88 Å². The molecular formula is C23H24F2N2O2. The van der Waals surface area contributed by atoms with Gasteiger partial charge in [0.05, 0.1) is 6.42 Å². The van der Waals surface area contributed by atoms with Crippen LogP contribution < -0.4 is 5.32 Å². The van der Waals surface area contributed by atoms with Crippen LogP contribution >= 0.6 is 0 Å². The first-order chi connectivity index (χ1) is 13.9. The number of carbonyl (C=O) groups is 1. The van der Waals surface area contributed by atoms with Gasteiger partial charge < -0.3 is 15.0 Å². The van der Waals surface area contributed by atoms with Gasteiger partial charge in [-0.25, -0.2) is 8.78 Å². The van der Waals surface area contributed by atoms with Crippen molar-refractivity contribution in [3.63, 3.8) is 0 Å². The molecule has 0 amide bonds. The van der Waals surface area contributed by atoms with Crippen LogP contribution in [0.25, 0.3) is 10.9 Å². The second-order valence-corrected chi connectivity index (χ2v) is 7.77. The molecule has 0 saturated carbocycles. The number of fused-ring (bicyclic) bond motifs is 3. The Kier molecular flexibility index (Phi) is 5.37. The fourth-order valence-corrected chi connectivity index (χ4v) is 4.45. The second kappa shape index (κ2) is 7.95. The predicted octanol–water partition coefficient (Wildman–Crippen LogP) is 4.17. The van der Waals surface area contributed by atoms with Crippen LogP contribution in [0.15, 0.2) is 36.4 Å². The van der Waals surface area contributed by atoms with Crippen molar-refractivity contribution in [3.8, 4) is 0 Å². The highest BCUT2D eigenvalue weighted by atomic mass is 19.1. The second-order valence-electron chi connectivity index (χ2n) is 7.77. The summed E-state index contributed by atoms with van der Waals surface area (Å²) >= 11 is 0. The Morgan fingerprint density at radius 3 is 2.72 bits per heavy atom. The van der Waals surface area contributed by atoms with Crippen LogP contribution in [0.2, 0.25) is 0 Å². The lowest BCUT2D eigenvalue weighted by atomic mass is 9.94. The van der Waals surface area contributed by atoms with Crippen molar-refractivity contribution in [1.29, 1.82) is 0 Å². The van der Waals surface area contributed by atoms with Crippen molar-refractivity contribution in [2.24, 2.45) is 0 Å². The van der Waals surface area contributed by atoms with Crippen LogP contribution in [0.4, 0.5) is 8.78 Å². The molecule has 2 N–H and O–H groups in total. The van der Waals surface area contributed by atoms with E-state index >= 15 is 0 Å². The number of carboxylic acids is 1. The standard InChI is InChI=1S/C23H24F2N2O2/c1-14-2-5-21-19(10-14)18-6-8-26-9-7-22(18)27(21)13-15(11-23(28)29)17-4-3-16(24)12-20(17)25/h2-5,10,12,15,26H,6-9,11,13H2,1H3,(H,28,29). The number of hydrogen-bond acceptors (Lipinski definition) is 2. The van der Waals surface area contributed by atoms with Gasteiger partial charge in [0, 0.05) is 48.1 Å². The number of rotatable bonds is 5. The Balaban J connectivity index is 1.83. The molecule has 1 aliphatic rings. The molecule has 0 spiro atoms. The fourth-order valence-electron chi connectivity index (χ4n) is 4.45. The van der Waals surface area contributed by atoms with Gasteiger partial charge in [-0.05, 0) is 49.2 Å². The maximum Gasteiger partial charge on any atom is 0.304 e. The topological polar surface area (TPSA) is 54.3 Å². The highest BCUT2D eigenvalue weighted by Crippen LogP contribution is 2.33. The summed E-state index contributed by atoms with van der Waals surface area (Å²) in [5, 5.41) is 14.0. The number of carboxylic acid groups (broad SMARTS) is 1. The number of nitrogens with one attached hydrogen (secondary N) is 1. The smallest absolute Gasteiger partial charge is 0.304 e. The molecule has 0 fully saturated rings. The Morgan fingerprint density at radius 1 is 1.17 bits per heavy atom. The molecule has 0 saturated heterocycles. The highest BCUT2D eigenvalue weighted by Gasteiger charge is 2.25. The molecule has 1 atom stereocenters. The Morgan fingerprint density at radius 2 is 1.97 bits per heavy atom. The maximum absolute atomic E-state index is 14.5. The van der Waals surface area contributed by atoms with Gasteiger partial charge in [0.1, 0.15) is 11.6 Å². The van der Waals surface area contributed by atoms with Crippen LogP contribution in [0, 0.1) is 18.6 Å². The summed E-state index contributed by atoms with van der Waals surface area (Å²) in [4.78, 5) is 11.5. The van der Waals surface area contributed by atoms with E-state index in [4.69, 9.17) is 0 Å². The van der Waals surface area contributed by atoms with E-state index in [9.17, 15) is 18.7 Å². The van der Waals surface area contributed by atoms with Gasteiger partial charge in [0.2, 0.25) is 0 Å². The first-order valence-electron chi connectivity index (χ1n) is 9.92. The largest absolute Gasteiger partial charge is 0.481 e. The number of benzene rings is 2. The zero-order chi connectivity index (χ0) is 20.5. The van der Waals surface area contributed by atoms with Crippen molar-refractivity contribution < 1.29 is 18.7 Å². The molecule has 0 aliphatic carbocycles. The minimum absolute atomic E-state index is 0.221. The summed E-state index contributed by atoms with van der Waals surface area (Å²) in [5.74, 6) is -2.96.